The molecule has 0 radical (unpaired) electrons. The summed E-state index contributed by atoms with van der Waals surface area (Å²) in [6, 6.07) is 14.1. The first-order chi connectivity index (χ1) is 19.3. The predicted molar refractivity (Wildman–Crippen MR) is 146 cm³/mol. The van der Waals surface area contributed by atoms with Crippen molar-refractivity contribution >= 4 is 11.9 Å². The van der Waals surface area contributed by atoms with Gasteiger partial charge in [0.05, 0.1) is 55.5 Å². The molecule has 0 aliphatic heterocycles. The van der Waals surface area contributed by atoms with Gasteiger partial charge in [0.2, 0.25) is 11.5 Å². The third kappa shape index (κ3) is 7.72. The summed E-state index contributed by atoms with van der Waals surface area (Å²) < 4.78 is 42.8. The molecule has 0 bridgehead atoms. The molecule has 0 saturated carbocycles. The Morgan fingerprint density at radius 2 is 0.775 bits per heavy atom. The summed E-state index contributed by atoms with van der Waals surface area (Å²) in [5.74, 6) is 1.95. The minimum atomic E-state index is -0.404. The van der Waals surface area contributed by atoms with Gasteiger partial charge in [-0.3, -0.25) is 9.59 Å². The number of carbonyl (C=O) groups excluding carboxylic acids is 2. The molecule has 0 atom stereocenters. The molecule has 0 unspecified atom stereocenters. The molecule has 40 heavy (non-hydrogen) atoms. The number of rotatable bonds is 14. The summed E-state index contributed by atoms with van der Waals surface area (Å²) in [5.41, 5.74) is 2.93. The summed E-state index contributed by atoms with van der Waals surface area (Å²) >= 11 is 0. The monoisotopic (exact) mass is 554 g/mol. The maximum absolute atomic E-state index is 12.4. The van der Waals surface area contributed by atoms with Crippen LogP contribution in [0.15, 0.2) is 48.5 Å². The van der Waals surface area contributed by atoms with Crippen molar-refractivity contribution in [1.82, 2.24) is 0 Å². The molecule has 3 aromatic rings. The van der Waals surface area contributed by atoms with Gasteiger partial charge in [-0.1, -0.05) is 24.3 Å². The van der Waals surface area contributed by atoms with Gasteiger partial charge in [0.1, 0.15) is 13.2 Å². The van der Waals surface area contributed by atoms with E-state index in [2.05, 4.69) is 0 Å². The third-order valence-electron chi connectivity index (χ3n) is 5.97. The first-order valence-corrected chi connectivity index (χ1v) is 12.3. The molecule has 0 aromatic heterocycles. The second-order valence-corrected chi connectivity index (χ2v) is 8.56. The second-order valence-electron chi connectivity index (χ2n) is 8.56. The fourth-order valence-electron chi connectivity index (χ4n) is 3.97. The fourth-order valence-corrected chi connectivity index (χ4v) is 3.97. The molecule has 0 N–H and O–H groups in total. The highest BCUT2D eigenvalue weighted by molar-refractivity contribution is 5.74. The Balaban J connectivity index is 1.50. The highest BCUT2D eigenvalue weighted by Gasteiger charge is 2.17. The van der Waals surface area contributed by atoms with E-state index in [4.69, 9.17) is 37.9 Å². The maximum atomic E-state index is 12.4. The zero-order chi connectivity index (χ0) is 29.1. The minimum Gasteiger partial charge on any atom is -0.493 e. The molecule has 0 saturated heterocycles. The zero-order valence-electron chi connectivity index (χ0n) is 23.5. The van der Waals surface area contributed by atoms with Crippen LogP contribution in [0, 0.1) is 0 Å². The molecule has 0 fully saturated rings. The fraction of sp³-hybridized carbons (Fsp3) is 0.333. The molecule has 0 amide bonds. The van der Waals surface area contributed by atoms with Crippen molar-refractivity contribution in [3.8, 4) is 34.5 Å². The van der Waals surface area contributed by atoms with Crippen LogP contribution in [0.3, 0.4) is 0 Å². The molecular formula is C30H34O10. The number of hydrogen-bond donors (Lipinski definition) is 0. The SMILES string of the molecule is COc1cc(CC(=O)OCc2ccc(COC(=O)Cc3cc(OC)c(OC)c(OC)c3)cc2)cc(OC)c1OC. The normalized spacial score (nSPS) is 10.3. The lowest BCUT2D eigenvalue weighted by Crippen LogP contribution is -2.09. The van der Waals surface area contributed by atoms with E-state index in [0.717, 1.165) is 11.1 Å². The summed E-state index contributed by atoms with van der Waals surface area (Å²) in [7, 11) is 9.09. The van der Waals surface area contributed by atoms with Crippen molar-refractivity contribution in [3.05, 3.63) is 70.8 Å². The molecule has 10 heteroatoms. The van der Waals surface area contributed by atoms with Crippen molar-refractivity contribution in [3.63, 3.8) is 0 Å². The smallest absolute Gasteiger partial charge is 0.310 e. The van der Waals surface area contributed by atoms with Crippen molar-refractivity contribution in [2.75, 3.05) is 42.7 Å². The van der Waals surface area contributed by atoms with Gasteiger partial charge in [0.15, 0.2) is 23.0 Å². The first-order valence-electron chi connectivity index (χ1n) is 12.3. The number of benzene rings is 3. The van der Waals surface area contributed by atoms with Gasteiger partial charge in [-0.2, -0.15) is 0 Å². The number of methoxy groups -OCH3 is 6. The Bertz CT molecular complexity index is 1150. The van der Waals surface area contributed by atoms with E-state index in [-0.39, 0.29) is 26.1 Å². The van der Waals surface area contributed by atoms with E-state index in [1.807, 2.05) is 24.3 Å². The molecule has 10 nitrogen and oxygen atoms in total. The molecule has 3 aromatic carbocycles. The Hall–Kier alpha value is -4.60. The van der Waals surface area contributed by atoms with Crippen molar-refractivity contribution in [2.45, 2.75) is 26.1 Å². The molecule has 0 spiro atoms. The van der Waals surface area contributed by atoms with Gasteiger partial charge in [0, 0.05) is 0 Å². The van der Waals surface area contributed by atoms with E-state index >= 15 is 0 Å². The van der Waals surface area contributed by atoms with Crippen molar-refractivity contribution < 1.29 is 47.5 Å². The van der Waals surface area contributed by atoms with Crippen LogP contribution in [-0.4, -0.2) is 54.6 Å². The van der Waals surface area contributed by atoms with Crippen LogP contribution in [0.2, 0.25) is 0 Å². The second kappa shape index (κ2) is 14.5. The number of carbonyl (C=O) groups is 2. The zero-order valence-corrected chi connectivity index (χ0v) is 23.5. The Morgan fingerprint density at radius 3 is 1.02 bits per heavy atom. The van der Waals surface area contributed by atoms with Gasteiger partial charge in [-0.25, -0.2) is 0 Å². The Morgan fingerprint density at radius 1 is 0.475 bits per heavy atom. The highest BCUT2D eigenvalue weighted by Crippen LogP contribution is 2.39. The van der Waals surface area contributed by atoms with Crippen LogP contribution in [-0.2, 0) is 45.1 Å². The lowest BCUT2D eigenvalue weighted by Gasteiger charge is -2.14. The topological polar surface area (TPSA) is 108 Å². The van der Waals surface area contributed by atoms with Crippen LogP contribution in [0.25, 0.3) is 0 Å². The van der Waals surface area contributed by atoms with Gasteiger partial charge < -0.3 is 37.9 Å². The molecule has 0 aliphatic carbocycles. The summed E-state index contributed by atoms with van der Waals surface area (Å²) in [6.07, 6.45) is 0.0768. The molecular weight excluding hydrogens is 520 g/mol. The average molecular weight is 555 g/mol. The lowest BCUT2D eigenvalue weighted by atomic mass is 10.1. The first kappa shape index (κ1) is 29.9. The van der Waals surface area contributed by atoms with E-state index in [1.54, 1.807) is 24.3 Å². The quantitative estimate of drug-likeness (QED) is 0.268. The molecule has 0 heterocycles. The minimum absolute atomic E-state index is 0.0384. The van der Waals surface area contributed by atoms with Crippen LogP contribution >= 0.6 is 0 Å². The summed E-state index contributed by atoms with van der Waals surface area (Å²) in [6.45, 7) is 0.203. The largest absolute Gasteiger partial charge is 0.493 e. The molecule has 214 valence electrons. The Kier molecular flexibility index (Phi) is 10.9. The lowest BCUT2D eigenvalue weighted by molar-refractivity contribution is -0.145. The number of ether oxygens (including phenoxy) is 8. The van der Waals surface area contributed by atoms with E-state index in [1.165, 1.54) is 42.7 Å². The van der Waals surface area contributed by atoms with Gasteiger partial charge in [0.25, 0.3) is 0 Å². The number of hydrogen-bond acceptors (Lipinski definition) is 10. The molecule has 3 rings (SSSR count). The number of esters is 2. The van der Waals surface area contributed by atoms with E-state index in [9.17, 15) is 9.59 Å². The van der Waals surface area contributed by atoms with Crippen LogP contribution in [0.1, 0.15) is 22.3 Å². The van der Waals surface area contributed by atoms with E-state index in [0.29, 0.717) is 45.6 Å². The average Bonchev–Trinajstić information content (AvgIpc) is 2.98. The van der Waals surface area contributed by atoms with Crippen molar-refractivity contribution in [2.24, 2.45) is 0 Å². The van der Waals surface area contributed by atoms with Gasteiger partial charge in [-0.05, 0) is 46.5 Å². The van der Waals surface area contributed by atoms with Crippen LogP contribution in [0.5, 0.6) is 34.5 Å². The molecule has 0 aliphatic rings. The summed E-state index contributed by atoms with van der Waals surface area (Å²) in [4.78, 5) is 24.9. The van der Waals surface area contributed by atoms with Gasteiger partial charge in [-0.15, -0.1) is 0 Å². The highest BCUT2D eigenvalue weighted by atomic mass is 16.5. The predicted octanol–water partition coefficient (Wildman–Crippen LogP) is 4.31. The summed E-state index contributed by atoms with van der Waals surface area (Å²) in [5, 5.41) is 0. The standard InChI is InChI=1S/C30H34O10/c1-33-23-11-21(12-24(34-2)29(23)37-5)15-27(31)39-17-19-7-9-20(10-8-19)18-40-28(32)16-22-13-25(35-3)30(38-6)26(14-22)36-4/h7-14H,15-18H2,1-6H3. The third-order valence-corrected chi connectivity index (χ3v) is 5.97. The van der Waals surface area contributed by atoms with E-state index < -0.39 is 11.9 Å². The Labute approximate surface area is 233 Å². The van der Waals surface area contributed by atoms with Crippen molar-refractivity contribution in [1.29, 1.82) is 0 Å². The van der Waals surface area contributed by atoms with Crippen LogP contribution < -0.4 is 28.4 Å². The van der Waals surface area contributed by atoms with Gasteiger partial charge >= 0.3 is 11.9 Å². The van der Waals surface area contributed by atoms with Crippen LogP contribution in [0.4, 0.5) is 0 Å². The maximum Gasteiger partial charge on any atom is 0.310 e.